The number of rotatable bonds is 5. The second-order valence-electron chi connectivity index (χ2n) is 7.11. The third-order valence-electron chi connectivity index (χ3n) is 5.12. The van der Waals surface area contributed by atoms with Gasteiger partial charge in [-0.05, 0) is 73.1 Å². The number of sulfonamides is 1. The summed E-state index contributed by atoms with van der Waals surface area (Å²) in [5.41, 5.74) is 3.25. The van der Waals surface area contributed by atoms with E-state index in [1.54, 1.807) is 31.4 Å². The third kappa shape index (κ3) is 4.50. The number of anilines is 3. The lowest BCUT2D eigenvalue weighted by atomic mass is 10.0. The van der Waals surface area contributed by atoms with Gasteiger partial charge in [-0.15, -0.1) is 0 Å². The molecule has 160 valence electrons. The van der Waals surface area contributed by atoms with Gasteiger partial charge in [-0.3, -0.25) is 4.31 Å². The highest BCUT2D eigenvalue weighted by Crippen LogP contribution is 2.32. The minimum atomic E-state index is -3.64. The van der Waals surface area contributed by atoms with Crippen molar-refractivity contribution in [3.05, 3.63) is 78.4 Å². The zero-order valence-corrected chi connectivity index (χ0v) is 18.7. The Balaban J connectivity index is 1.49. The second kappa shape index (κ2) is 8.95. The van der Waals surface area contributed by atoms with Crippen molar-refractivity contribution in [2.45, 2.75) is 17.7 Å². The number of fused-ring (bicyclic) bond motifs is 1. The Morgan fingerprint density at radius 3 is 2.45 bits per heavy atom. The Hall–Kier alpha value is -3.10. The topological polar surface area (TPSA) is 70.7 Å². The van der Waals surface area contributed by atoms with Crippen molar-refractivity contribution in [3.8, 4) is 5.75 Å². The molecule has 1 aliphatic rings. The summed E-state index contributed by atoms with van der Waals surface area (Å²) in [5, 5.41) is 6.54. The van der Waals surface area contributed by atoms with Crippen LogP contribution >= 0.6 is 12.2 Å². The molecule has 0 radical (unpaired) electrons. The molecule has 0 bridgehead atoms. The maximum atomic E-state index is 13.2. The van der Waals surface area contributed by atoms with Gasteiger partial charge in [-0.25, -0.2) is 8.42 Å². The SMILES string of the molecule is COc1ccccc1NC(=S)Nc1ccc(S(=O)(=O)N2CCCc3ccccc32)cc1. The first-order chi connectivity index (χ1) is 15.0. The van der Waals surface area contributed by atoms with E-state index in [1.807, 2.05) is 48.5 Å². The van der Waals surface area contributed by atoms with E-state index in [-0.39, 0.29) is 4.90 Å². The second-order valence-corrected chi connectivity index (χ2v) is 9.38. The number of nitrogens with zero attached hydrogens (tertiary/aromatic N) is 1. The van der Waals surface area contributed by atoms with Crippen molar-refractivity contribution in [2.75, 3.05) is 28.6 Å². The van der Waals surface area contributed by atoms with E-state index in [0.717, 1.165) is 29.8 Å². The van der Waals surface area contributed by atoms with Crippen molar-refractivity contribution in [2.24, 2.45) is 0 Å². The molecule has 0 aliphatic carbocycles. The molecular formula is C23H23N3O3S2. The van der Waals surface area contributed by atoms with Crippen LogP contribution in [0.3, 0.4) is 0 Å². The molecular weight excluding hydrogens is 430 g/mol. The van der Waals surface area contributed by atoms with Gasteiger partial charge in [-0.1, -0.05) is 30.3 Å². The maximum absolute atomic E-state index is 13.2. The van der Waals surface area contributed by atoms with Crippen molar-refractivity contribution >= 4 is 44.4 Å². The Labute approximate surface area is 187 Å². The lowest BCUT2D eigenvalue weighted by Crippen LogP contribution is -2.35. The van der Waals surface area contributed by atoms with Gasteiger partial charge in [0.15, 0.2) is 5.11 Å². The number of thiocarbonyl (C=S) groups is 1. The number of benzene rings is 3. The summed E-state index contributed by atoms with van der Waals surface area (Å²) in [6.45, 7) is 0.478. The molecule has 3 aromatic rings. The van der Waals surface area contributed by atoms with Gasteiger partial charge in [0.25, 0.3) is 10.0 Å². The van der Waals surface area contributed by atoms with E-state index in [2.05, 4.69) is 10.6 Å². The number of para-hydroxylation sites is 3. The van der Waals surface area contributed by atoms with Crippen molar-refractivity contribution in [1.29, 1.82) is 0 Å². The van der Waals surface area contributed by atoms with Crippen LogP contribution in [0.1, 0.15) is 12.0 Å². The van der Waals surface area contributed by atoms with Gasteiger partial charge < -0.3 is 15.4 Å². The fourth-order valence-corrected chi connectivity index (χ4v) is 5.39. The molecule has 0 aromatic heterocycles. The molecule has 1 heterocycles. The van der Waals surface area contributed by atoms with E-state index >= 15 is 0 Å². The van der Waals surface area contributed by atoms with Crippen LogP contribution in [0.25, 0.3) is 0 Å². The summed E-state index contributed by atoms with van der Waals surface area (Å²) in [6.07, 6.45) is 1.69. The molecule has 0 fully saturated rings. The lowest BCUT2D eigenvalue weighted by Gasteiger charge is -2.30. The molecule has 6 nitrogen and oxygen atoms in total. The van der Waals surface area contributed by atoms with E-state index < -0.39 is 10.0 Å². The zero-order chi connectivity index (χ0) is 21.8. The van der Waals surface area contributed by atoms with E-state index in [0.29, 0.717) is 23.1 Å². The van der Waals surface area contributed by atoms with Gasteiger partial charge in [0, 0.05) is 12.2 Å². The van der Waals surface area contributed by atoms with Crippen LogP contribution in [0.5, 0.6) is 5.75 Å². The Bertz CT molecular complexity index is 1190. The largest absolute Gasteiger partial charge is 0.495 e. The molecule has 1 aliphatic heterocycles. The van der Waals surface area contributed by atoms with Gasteiger partial charge in [0.2, 0.25) is 0 Å². The first-order valence-corrected chi connectivity index (χ1v) is 11.8. The molecule has 0 atom stereocenters. The van der Waals surface area contributed by atoms with Crippen LogP contribution < -0.4 is 19.7 Å². The summed E-state index contributed by atoms with van der Waals surface area (Å²) in [4.78, 5) is 0.248. The Morgan fingerprint density at radius 2 is 1.68 bits per heavy atom. The normalized spacial score (nSPS) is 13.3. The maximum Gasteiger partial charge on any atom is 0.264 e. The summed E-state index contributed by atoms with van der Waals surface area (Å²) in [7, 11) is -2.04. The summed E-state index contributed by atoms with van der Waals surface area (Å²) in [5.74, 6) is 0.676. The average molecular weight is 454 g/mol. The minimum absolute atomic E-state index is 0.248. The molecule has 2 N–H and O–H groups in total. The molecule has 8 heteroatoms. The van der Waals surface area contributed by atoms with E-state index in [9.17, 15) is 8.42 Å². The predicted octanol–water partition coefficient (Wildman–Crippen LogP) is 4.65. The highest BCUT2D eigenvalue weighted by atomic mass is 32.2. The van der Waals surface area contributed by atoms with Crippen LogP contribution in [0.2, 0.25) is 0 Å². The number of methoxy groups -OCH3 is 1. The van der Waals surface area contributed by atoms with Crippen LogP contribution in [0, 0.1) is 0 Å². The van der Waals surface area contributed by atoms with Gasteiger partial charge in [0.05, 0.1) is 23.4 Å². The fourth-order valence-electron chi connectivity index (χ4n) is 3.62. The number of aryl methyl sites for hydroxylation is 1. The molecule has 0 spiro atoms. The van der Waals surface area contributed by atoms with Crippen LogP contribution in [-0.4, -0.2) is 27.2 Å². The molecule has 0 saturated carbocycles. The number of ether oxygens (including phenoxy) is 1. The van der Waals surface area contributed by atoms with Crippen LogP contribution in [0.15, 0.2) is 77.7 Å². The van der Waals surface area contributed by atoms with Gasteiger partial charge in [0.1, 0.15) is 5.75 Å². The highest BCUT2D eigenvalue weighted by molar-refractivity contribution is 7.92. The molecule has 3 aromatic carbocycles. The first kappa shape index (κ1) is 21.1. The average Bonchev–Trinajstić information content (AvgIpc) is 2.79. The number of hydrogen-bond donors (Lipinski definition) is 2. The lowest BCUT2D eigenvalue weighted by molar-refractivity contribution is 0.417. The van der Waals surface area contributed by atoms with Crippen molar-refractivity contribution in [3.63, 3.8) is 0 Å². The first-order valence-electron chi connectivity index (χ1n) is 9.91. The van der Waals surface area contributed by atoms with Gasteiger partial charge in [-0.2, -0.15) is 0 Å². The number of nitrogens with one attached hydrogen (secondary N) is 2. The minimum Gasteiger partial charge on any atom is -0.495 e. The smallest absolute Gasteiger partial charge is 0.264 e. The standard InChI is InChI=1S/C23H23N3O3S2/c1-29-22-11-5-3-9-20(22)25-23(30)24-18-12-14-19(15-13-18)31(27,28)26-16-6-8-17-7-2-4-10-21(17)26/h2-5,7,9-15H,6,8,16H2,1H3,(H2,24,25,30). The van der Waals surface area contributed by atoms with E-state index in [4.69, 9.17) is 17.0 Å². The highest BCUT2D eigenvalue weighted by Gasteiger charge is 2.28. The summed E-state index contributed by atoms with van der Waals surface area (Å²) >= 11 is 5.37. The molecule has 31 heavy (non-hydrogen) atoms. The fraction of sp³-hybridized carbons (Fsp3) is 0.174. The monoisotopic (exact) mass is 453 g/mol. The van der Waals surface area contributed by atoms with Gasteiger partial charge >= 0.3 is 0 Å². The summed E-state index contributed by atoms with van der Waals surface area (Å²) in [6, 6.07) is 21.7. The van der Waals surface area contributed by atoms with Crippen molar-refractivity contribution in [1.82, 2.24) is 0 Å². The predicted molar refractivity (Wildman–Crippen MR) is 129 cm³/mol. The third-order valence-corrected chi connectivity index (χ3v) is 7.15. The van der Waals surface area contributed by atoms with E-state index in [1.165, 1.54) is 4.31 Å². The van der Waals surface area contributed by atoms with Crippen LogP contribution in [-0.2, 0) is 16.4 Å². The Morgan fingerprint density at radius 1 is 0.968 bits per heavy atom. The quantitative estimate of drug-likeness (QED) is 0.548. The van der Waals surface area contributed by atoms with Crippen molar-refractivity contribution < 1.29 is 13.2 Å². The molecule has 0 unspecified atom stereocenters. The number of hydrogen-bond acceptors (Lipinski definition) is 4. The van der Waals surface area contributed by atoms with Crippen LogP contribution in [0.4, 0.5) is 17.1 Å². The summed E-state index contributed by atoms with van der Waals surface area (Å²) < 4.78 is 33.3. The molecule has 0 amide bonds. The molecule has 0 saturated heterocycles. The zero-order valence-electron chi connectivity index (χ0n) is 17.0. The molecule has 4 rings (SSSR count). The Kier molecular flexibility index (Phi) is 6.11.